The summed E-state index contributed by atoms with van der Waals surface area (Å²) in [6, 6.07) is 9.46. The van der Waals surface area contributed by atoms with Crippen molar-refractivity contribution in [2.75, 3.05) is 0 Å². The van der Waals surface area contributed by atoms with Gasteiger partial charge in [0, 0.05) is 0 Å². The van der Waals surface area contributed by atoms with Crippen LogP contribution in [0.3, 0.4) is 0 Å². The molecule has 0 radical (unpaired) electrons. The molecule has 22 heavy (non-hydrogen) atoms. The zero-order valence-electron chi connectivity index (χ0n) is 12.6. The van der Waals surface area contributed by atoms with Crippen molar-refractivity contribution in [2.45, 2.75) is 20.3 Å². The first-order valence-corrected chi connectivity index (χ1v) is 7.98. The van der Waals surface area contributed by atoms with E-state index in [0.29, 0.717) is 17.2 Å². The average Bonchev–Trinajstić information content (AvgIpc) is 2.89. The molecule has 114 valence electrons. The fourth-order valence-electron chi connectivity index (χ4n) is 2.21. The molecule has 1 N–H and O–H groups in total. The number of carbonyl (C=O) groups excluding carboxylic acids is 1. The Bertz CT molecular complexity index is 696. The quantitative estimate of drug-likeness (QED) is 0.629. The number of hydrogen-bond acceptors (Lipinski definition) is 3. The number of ketones is 1. The summed E-state index contributed by atoms with van der Waals surface area (Å²) in [5.74, 6) is -0.954. The normalized spacial score (nSPS) is 11.2. The van der Waals surface area contributed by atoms with E-state index in [1.54, 1.807) is 11.5 Å². The van der Waals surface area contributed by atoms with E-state index >= 15 is 0 Å². The Morgan fingerprint density at radius 3 is 2.50 bits per heavy atom. The SMILES string of the molecule is CC(C)Cc1csc(C(=O)C=Cc2ccccc2)c1C(=O)O. The summed E-state index contributed by atoms with van der Waals surface area (Å²) >= 11 is 1.21. The number of carboxylic acids is 1. The van der Waals surface area contributed by atoms with Crippen LogP contribution in [-0.2, 0) is 6.42 Å². The third-order valence-corrected chi connectivity index (χ3v) is 4.20. The van der Waals surface area contributed by atoms with Gasteiger partial charge in [-0.15, -0.1) is 11.3 Å². The molecular formula is C18H18O3S. The van der Waals surface area contributed by atoms with E-state index in [1.807, 2.05) is 44.2 Å². The Hall–Kier alpha value is -2.20. The van der Waals surface area contributed by atoms with Crippen molar-refractivity contribution >= 4 is 29.2 Å². The maximum Gasteiger partial charge on any atom is 0.337 e. The summed E-state index contributed by atoms with van der Waals surface area (Å²) in [4.78, 5) is 24.1. The first kappa shape index (κ1) is 16.2. The standard InChI is InChI=1S/C18H18O3S/c1-12(2)10-14-11-22-17(16(14)18(20)21)15(19)9-8-13-6-4-3-5-7-13/h3-9,11-12H,10H2,1-2H3,(H,20,21). The fourth-order valence-corrected chi connectivity index (χ4v) is 3.21. The Kier molecular flexibility index (Phi) is 5.28. The van der Waals surface area contributed by atoms with Gasteiger partial charge >= 0.3 is 5.97 Å². The lowest BCUT2D eigenvalue weighted by molar-refractivity contribution is 0.0692. The van der Waals surface area contributed by atoms with Gasteiger partial charge in [-0.1, -0.05) is 50.3 Å². The Labute approximate surface area is 133 Å². The van der Waals surface area contributed by atoms with Gasteiger partial charge in [-0.05, 0) is 34.9 Å². The van der Waals surface area contributed by atoms with E-state index in [2.05, 4.69) is 0 Å². The molecular weight excluding hydrogens is 296 g/mol. The molecule has 2 rings (SSSR count). The smallest absolute Gasteiger partial charge is 0.337 e. The van der Waals surface area contributed by atoms with Crippen LogP contribution in [0.15, 0.2) is 41.8 Å². The molecule has 1 aromatic heterocycles. The van der Waals surface area contributed by atoms with Gasteiger partial charge in [0.05, 0.1) is 10.4 Å². The molecule has 0 amide bonds. The first-order valence-electron chi connectivity index (χ1n) is 7.10. The van der Waals surface area contributed by atoms with Crippen LogP contribution in [0.2, 0.25) is 0 Å². The summed E-state index contributed by atoms with van der Waals surface area (Å²) in [7, 11) is 0. The first-order chi connectivity index (χ1) is 10.5. The number of carbonyl (C=O) groups is 2. The average molecular weight is 314 g/mol. The van der Waals surface area contributed by atoms with Gasteiger partial charge in [0.2, 0.25) is 0 Å². The lowest BCUT2D eigenvalue weighted by atomic mass is 9.99. The minimum Gasteiger partial charge on any atom is -0.478 e. The molecule has 0 aliphatic carbocycles. The molecule has 0 bridgehead atoms. The van der Waals surface area contributed by atoms with Crippen molar-refractivity contribution in [2.24, 2.45) is 5.92 Å². The number of aromatic carboxylic acids is 1. The molecule has 0 atom stereocenters. The van der Waals surface area contributed by atoms with Crippen molar-refractivity contribution < 1.29 is 14.7 Å². The van der Waals surface area contributed by atoms with Crippen LogP contribution in [0.5, 0.6) is 0 Å². The topological polar surface area (TPSA) is 54.4 Å². The van der Waals surface area contributed by atoms with Crippen LogP contribution >= 0.6 is 11.3 Å². The number of thiophene rings is 1. The predicted molar refractivity (Wildman–Crippen MR) is 89.6 cm³/mol. The van der Waals surface area contributed by atoms with Crippen LogP contribution in [0.4, 0.5) is 0 Å². The molecule has 0 saturated carbocycles. The van der Waals surface area contributed by atoms with Gasteiger partial charge in [0.1, 0.15) is 0 Å². The second-order valence-corrected chi connectivity index (χ2v) is 6.36. The highest BCUT2D eigenvalue weighted by atomic mass is 32.1. The van der Waals surface area contributed by atoms with E-state index in [-0.39, 0.29) is 11.3 Å². The maximum absolute atomic E-state index is 12.3. The van der Waals surface area contributed by atoms with Crippen LogP contribution in [-0.4, -0.2) is 16.9 Å². The van der Waals surface area contributed by atoms with Crippen LogP contribution in [0.1, 0.15) is 45.0 Å². The summed E-state index contributed by atoms with van der Waals surface area (Å²) in [6.07, 6.45) is 3.80. The molecule has 0 aliphatic heterocycles. The predicted octanol–water partition coefficient (Wildman–Crippen LogP) is 4.54. The van der Waals surface area contributed by atoms with Crippen molar-refractivity contribution in [3.63, 3.8) is 0 Å². The monoisotopic (exact) mass is 314 g/mol. The minimum atomic E-state index is -1.03. The zero-order valence-corrected chi connectivity index (χ0v) is 13.4. The molecule has 0 unspecified atom stereocenters. The largest absolute Gasteiger partial charge is 0.478 e. The minimum absolute atomic E-state index is 0.154. The van der Waals surface area contributed by atoms with Crippen molar-refractivity contribution in [3.05, 3.63) is 63.4 Å². The lowest BCUT2D eigenvalue weighted by Gasteiger charge is -2.04. The summed E-state index contributed by atoms with van der Waals surface area (Å²) in [5, 5.41) is 11.2. The van der Waals surface area contributed by atoms with Crippen LogP contribution in [0.25, 0.3) is 6.08 Å². The molecule has 0 aliphatic rings. The zero-order chi connectivity index (χ0) is 16.1. The van der Waals surface area contributed by atoms with Gasteiger partial charge in [-0.25, -0.2) is 4.79 Å². The molecule has 0 saturated heterocycles. The Balaban J connectivity index is 2.28. The van der Waals surface area contributed by atoms with Gasteiger partial charge in [-0.2, -0.15) is 0 Å². The Morgan fingerprint density at radius 1 is 1.23 bits per heavy atom. The molecule has 1 aromatic carbocycles. The number of benzene rings is 1. The van der Waals surface area contributed by atoms with Crippen LogP contribution in [0, 0.1) is 5.92 Å². The number of carboxylic acid groups (broad SMARTS) is 1. The second kappa shape index (κ2) is 7.18. The third kappa shape index (κ3) is 3.92. The van der Waals surface area contributed by atoms with E-state index in [1.165, 1.54) is 17.4 Å². The van der Waals surface area contributed by atoms with Gasteiger partial charge < -0.3 is 5.11 Å². The van der Waals surface area contributed by atoms with E-state index in [0.717, 1.165) is 11.1 Å². The summed E-state index contributed by atoms with van der Waals surface area (Å²) in [5.41, 5.74) is 1.80. The van der Waals surface area contributed by atoms with Crippen molar-refractivity contribution in [1.29, 1.82) is 0 Å². The van der Waals surface area contributed by atoms with Crippen molar-refractivity contribution in [1.82, 2.24) is 0 Å². The van der Waals surface area contributed by atoms with Crippen molar-refractivity contribution in [3.8, 4) is 0 Å². The highest BCUT2D eigenvalue weighted by molar-refractivity contribution is 7.12. The summed E-state index contributed by atoms with van der Waals surface area (Å²) < 4.78 is 0. The number of allylic oxidation sites excluding steroid dienone is 1. The van der Waals surface area contributed by atoms with Gasteiger partial charge in [-0.3, -0.25) is 4.79 Å². The van der Waals surface area contributed by atoms with Crippen LogP contribution < -0.4 is 0 Å². The molecule has 0 spiro atoms. The fraction of sp³-hybridized carbons (Fsp3) is 0.222. The molecule has 2 aromatic rings. The third-order valence-electron chi connectivity index (χ3n) is 3.16. The summed E-state index contributed by atoms with van der Waals surface area (Å²) in [6.45, 7) is 4.06. The number of rotatable bonds is 6. The second-order valence-electron chi connectivity index (χ2n) is 5.48. The van der Waals surface area contributed by atoms with E-state index in [4.69, 9.17) is 0 Å². The lowest BCUT2D eigenvalue weighted by Crippen LogP contribution is -2.07. The molecule has 0 fully saturated rings. The number of hydrogen-bond donors (Lipinski definition) is 1. The van der Waals surface area contributed by atoms with Gasteiger partial charge in [0.25, 0.3) is 0 Å². The molecule has 3 nitrogen and oxygen atoms in total. The van der Waals surface area contributed by atoms with E-state index in [9.17, 15) is 14.7 Å². The maximum atomic E-state index is 12.3. The highest BCUT2D eigenvalue weighted by Crippen LogP contribution is 2.26. The van der Waals surface area contributed by atoms with Gasteiger partial charge in [0.15, 0.2) is 5.78 Å². The van der Waals surface area contributed by atoms with E-state index < -0.39 is 5.97 Å². The molecule has 4 heteroatoms. The Morgan fingerprint density at radius 2 is 1.91 bits per heavy atom. The molecule has 1 heterocycles. The highest BCUT2D eigenvalue weighted by Gasteiger charge is 2.22.